The summed E-state index contributed by atoms with van der Waals surface area (Å²) in [5.41, 5.74) is 0.653. The SMILES string of the molecule is COc1cc(/C=C2\SC(=Nc3ccc(O)c(C(=O)O)c3)NC2=O)ccc1O. The second kappa shape index (κ2) is 7.42. The van der Waals surface area contributed by atoms with E-state index in [4.69, 9.17) is 9.84 Å². The highest BCUT2D eigenvalue weighted by molar-refractivity contribution is 8.18. The van der Waals surface area contributed by atoms with Crippen molar-refractivity contribution in [2.24, 2.45) is 4.99 Å². The molecule has 1 fully saturated rings. The number of amidine groups is 1. The molecule has 4 N–H and O–H groups in total. The zero-order valence-electron chi connectivity index (χ0n) is 14.0. The normalized spacial score (nSPS) is 16.6. The fraction of sp³-hybridized carbons (Fsp3) is 0.0556. The van der Waals surface area contributed by atoms with Crippen molar-refractivity contribution < 1.29 is 29.6 Å². The van der Waals surface area contributed by atoms with Crippen LogP contribution in [0.2, 0.25) is 0 Å². The molecular formula is C18H14N2O6S. The Labute approximate surface area is 157 Å². The van der Waals surface area contributed by atoms with E-state index in [1.54, 1.807) is 18.2 Å². The number of phenols is 2. The Hall–Kier alpha value is -3.46. The van der Waals surface area contributed by atoms with Crippen molar-refractivity contribution in [2.45, 2.75) is 0 Å². The molecule has 1 heterocycles. The van der Waals surface area contributed by atoms with Crippen LogP contribution in [0.5, 0.6) is 17.2 Å². The van der Waals surface area contributed by atoms with E-state index in [2.05, 4.69) is 10.3 Å². The third kappa shape index (κ3) is 4.04. The Morgan fingerprint density at radius 2 is 1.93 bits per heavy atom. The summed E-state index contributed by atoms with van der Waals surface area (Å²) in [6.45, 7) is 0. The van der Waals surface area contributed by atoms with E-state index < -0.39 is 5.97 Å². The largest absolute Gasteiger partial charge is 0.507 e. The number of rotatable bonds is 4. The van der Waals surface area contributed by atoms with Gasteiger partial charge in [0, 0.05) is 0 Å². The van der Waals surface area contributed by atoms with Gasteiger partial charge in [-0.1, -0.05) is 6.07 Å². The number of amides is 1. The number of ether oxygens (including phenoxy) is 1. The van der Waals surface area contributed by atoms with E-state index in [9.17, 15) is 19.8 Å². The summed E-state index contributed by atoms with van der Waals surface area (Å²) in [7, 11) is 1.43. The fourth-order valence-corrected chi connectivity index (χ4v) is 3.14. The number of carboxylic acid groups (broad SMARTS) is 1. The molecular weight excluding hydrogens is 372 g/mol. The highest BCUT2D eigenvalue weighted by Crippen LogP contribution is 2.32. The van der Waals surface area contributed by atoms with Gasteiger partial charge in [0.15, 0.2) is 16.7 Å². The van der Waals surface area contributed by atoms with Crippen molar-refractivity contribution in [3.8, 4) is 17.2 Å². The molecule has 1 saturated heterocycles. The molecule has 2 aromatic carbocycles. The molecule has 1 aliphatic rings. The summed E-state index contributed by atoms with van der Waals surface area (Å²) in [6, 6.07) is 8.56. The molecule has 1 amide bonds. The molecule has 138 valence electrons. The number of carboxylic acids is 1. The van der Waals surface area contributed by atoms with Crippen molar-refractivity contribution in [1.29, 1.82) is 0 Å². The predicted octanol–water partition coefficient (Wildman–Crippen LogP) is 2.70. The van der Waals surface area contributed by atoms with E-state index in [-0.39, 0.29) is 39.6 Å². The number of thioether (sulfide) groups is 1. The van der Waals surface area contributed by atoms with Crippen molar-refractivity contribution in [2.75, 3.05) is 7.11 Å². The minimum atomic E-state index is -1.28. The number of hydrogen-bond donors (Lipinski definition) is 4. The Balaban J connectivity index is 1.86. The van der Waals surface area contributed by atoms with Crippen LogP contribution < -0.4 is 10.1 Å². The Bertz CT molecular complexity index is 999. The van der Waals surface area contributed by atoms with Gasteiger partial charge in [-0.3, -0.25) is 4.79 Å². The van der Waals surface area contributed by atoms with E-state index in [0.717, 1.165) is 11.8 Å². The minimum Gasteiger partial charge on any atom is -0.507 e. The molecule has 0 unspecified atom stereocenters. The molecule has 0 aromatic heterocycles. The van der Waals surface area contributed by atoms with Crippen molar-refractivity contribution in [3.63, 3.8) is 0 Å². The van der Waals surface area contributed by atoms with Crippen LogP contribution in [0.1, 0.15) is 15.9 Å². The predicted molar refractivity (Wildman–Crippen MR) is 101 cm³/mol. The number of carbonyl (C=O) groups is 2. The summed E-state index contributed by atoms with van der Waals surface area (Å²) < 4.78 is 5.04. The van der Waals surface area contributed by atoms with Gasteiger partial charge in [0.05, 0.1) is 17.7 Å². The van der Waals surface area contributed by atoms with Gasteiger partial charge in [-0.15, -0.1) is 0 Å². The lowest BCUT2D eigenvalue weighted by Crippen LogP contribution is -2.19. The first-order chi connectivity index (χ1) is 12.9. The first-order valence-corrected chi connectivity index (χ1v) is 8.42. The second-order valence-corrected chi connectivity index (χ2v) is 6.45. The number of nitrogens with zero attached hydrogens (tertiary/aromatic N) is 1. The molecule has 0 bridgehead atoms. The smallest absolute Gasteiger partial charge is 0.339 e. The Morgan fingerprint density at radius 3 is 2.63 bits per heavy atom. The molecule has 0 atom stereocenters. The second-order valence-electron chi connectivity index (χ2n) is 5.42. The molecule has 3 rings (SSSR count). The van der Waals surface area contributed by atoms with Gasteiger partial charge in [-0.2, -0.15) is 0 Å². The monoisotopic (exact) mass is 386 g/mol. The van der Waals surface area contributed by atoms with Gasteiger partial charge in [0.25, 0.3) is 5.91 Å². The number of aromatic carboxylic acids is 1. The number of aliphatic imine (C=N–C) groups is 1. The lowest BCUT2D eigenvalue weighted by molar-refractivity contribution is -0.115. The zero-order valence-corrected chi connectivity index (χ0v) is 14.8. The highest BCUT2D eigenvalue weighted by atomic mass is 32.2. The van der Waals surface area contributed by atoms with Crippen LogP contribution >= 0.6 is 11.8 Å². The van der Waals surface area contributed by atoms with Crippen molar-refractivity contribution in [1.82, 2.24) is 5.32 Å². The Morgan fingerprint density at radius 1 is 1.19 bits per heavy atom. The van der Waals surface area contributed by atoms with Crippen molar-refractivity contribution in [3.05, 3.63) is 52.4 Å². The summed E-state index contributed by atoms with van der Waals surface area (Å²) in [4.78, 5) is 27.8. The maximum Gasteiger partial charge on any atom is 0.339 e. The van der Waals surface area contributed by atoms with Crippen LogP contribution in [0.4, 0.5) is 5.69 Å². The van der Waals surface area contributed by atoms with Gasteiger partial charge in [-0.25, -0.2) is 9.79 Å². The van der Waals surface area contributed by atoms with Crippen LogP contribution in [0.25, 0.3) is 6.08 Å². The average Bonchev–Trinajstić information content (AvgIpc) is 2.97. The molecule has 0 radical (unpaired) electrons. The highest BCUT2D eigenvalue weighted by Gasteiger charge is 2.24. The number of phenolic OH excluding ortho intramolecular Hbond substituents is 1. The molecule has 0 saturated carbocycles. The first kappa shape index (κ1) is 18.3. The van der Waals surface area contributed by atoms with Gasteiger partial charge >= 0.3 is 5.97 Å². The molecule has 9 heteroatoms. The fourth-order valence-electron chi connectivity index (χ4n) is 2.30. The standard InChI is InChI=1S/C18H14N2O6S/c1-26-14-6-9(2-4-13(14)22)7-15-16(23)20-18(27-15)19-10-3-5-12(21)11(8-10)17(24)25/h2-8,21-22H,1H3,(H,24,25)(H,19,20,23)/b15-7-. The molecule has 1 aliphatic heterocycles. The average molecular weight is 386 g/mol. The molecule has 8 nitrogen and oxygen atoms in total. The van der Waals surface area contributed by atoms with Gasteiger partial charge in [0.1, 0.15) is 11.3 Å². The van der Waals surface area contributed by atoms with Gasteiger partial charge in [0.2, 0.25) is 0 Å². The van der Waals surface area contributed by atoms with Crippen LogP contribution in [0.15, 0.2) is 46.3 Å². The number of nitrogens with one attached hydrogen (secondary N) is 1. The maximum absolute atomic E-state index is 12.1. The van der Waals surface area contributed by atoms with E-state index >= 15 is 0 Å². The van der Waals surface area contributed by atoms with Crippen LogP contribution in [0.3, 0.4) is 0 Å². The Kier molecular flexibility index (Phi) is 5.04. The number of carbonyl (C=O) groups excluding carboxylic acids is 1. The van der Waals surface area contributed by atoms with Gasteiger partial charge in [-0.05, 0) is 53.7 Å². The molecule has 2 aromatic rings. The molecule has 0 spiro atoms. The topological polar surface area (TPSA) is 128 Å². The van der Waals surface area contributed by atoms with E-state index in [0.29, 0.717) is 10.5 Å². The van der Waals surface area contributed by atoms with Crippen LogP contribution in [-0.2, 0) is 4.79 Å². The maximum atomic E-state index is 12.1. The summed E-state index contributed by atoms with van der Waals surface area (Å²) in [5.74, 6) is -1.72. The number of benzene rings is 2. The minimum absolute atomic E-state index is 0.00741. The molecule has 27 heavy (non-hydrogen) atoms. The quantitative estimate of drug-likeness (QED) is 0.595. The number of aromatic hydroxyl groups is 2. The first-order valence-electron chi connectivity index (χ1n) is 7.60. The lowest BCUT2D eigenvalue weighted by atomic mass is 10.2. The summed E-state index contributed by atoms with van der Waals surface area (Å²) >= 11 is 1.08. The lowest BCUT2D eigenvalue weighted by Gasteiger charge is -2.03. The number of methoxy groups -OCH3 is 1. The summed E-state index contributed by atoms with van der Waals surface area (Å²) in [5, 5.41) is 31.1. The van der Waals surface area contributed by atoms with Crippen LogP contribution in [0, 0.1) is 0 Å². The third-order valence-corrected chi connectivity index (χ3v) is 4.50. The van der Waals surface area contributed by atoms with E-state index in [1.165, 1.54) is 31.4 Å². The molecule has 0 aliphatic carbocycles. The summed E-state index contributed by atoms with van der Waals surface area (Å²) in [6.07, 6.45) is 1.62. The van der Waals surface area contributed by atoms with Crippen LogP contribution in [-0.4, -0.2) is 39.5 Å². The zero-order chi connectivity index (χ0) is 19.6. The van der Waals surface area contributed by atoms with Crippen molar-refractivity contribution >= 4 is 40.6 Å². The third-order valence-electron chi connectivity index (χ3n) is 3.59. The number of hydrogen-bond acceptors (Lipinski definition) is 7. The van der Waals surface area contributed by atoms with E-state index in [1.807, 2.05) is 0 Å². The van der Waals surface area contributed by atoms with Gasteiger partial charge < -0.3 is 25.4 Å².